The maximum atomic E-state index is 5.38. The van der Waals surface area contributed by atoms with Gasteiger partial charge in [0.2, 0.25) is 5.95 Å². The van der Waals surface area contributed by atoms with Gasteiger partial charge in [-0.25, -0.2) is 9.97 Å². The predicted octanol–water partition coefficient (Wildman–Crippen LogP) is 35.9. The second kappa shape index (κ2) is 35.8. The Bertz CT molecular complexity index is 10000. The Kier molecular flexibility index (Phi) is 20.8. The third-order valence-corrected chi connectivity index (χ3v) is 29.4. The molecule has 0 atom stereocenters. The molecule has 147 heavy (non-hydrogen) atoms. The Morgan fingerprint density at radius 3 is 0.823 bits per heavy atom. The highest BCUT2D eigenvalue weighted by atomic mass is 15.2. The topological polar surface area (TPSA) is 76.2 Å². The normalized spacial score (nSPS) is 11.7. The van der Waals surface area contributed by atoms with E-state index in [2.05, 4.69) is 551 Å². The van der Waals surface area contributed by atoms with Crippen molar-refractivity contribution in [3.05, 3.63) is 540 Å². The van der Waals surface area contributed by atoms with Crippen molar-refractivity contribution in [1.82, 2.24) is 42.8 Å². The summed E-state index contributed by atoms with van der Waals surface area (Å²) in [5.74, 6) is 2.63. The molecule has 22 aromatic carbocycles. The molecular formula is C138H89N9. The molecule has 0 aliphatic carbocycles. The van der Waals surface area contributed by atoms with Crippen molar-refractivity contribution in [1.29, 1.82) is 0 Å². The minimum atomic E-state index is 0.548. The van der Waals surface area contributed by atoms with Crippen LogP contribution in [0.2, 0.25) is 0 Å². The van der Waals surface area contributed by atoms with E-state index in [1.165, 1.54) is 115 Å². The van der Waals surface area contributed by atoms with Gasteiger partial charge in [-0.05, 0) is 240 Å². The predicted molar refractivity (Wildman–Crippen MR) is 613 cm³/mol. The fourth-order valence-corrected chi connectivity index (χ4v) is 22.3. The molecule has 0 N–H and O–H groups in total. The lowest BCUT2D eigenvalue weighted by Gasteiger charge is -2.13. The van der Waals surface area contributed by atoms with E-state index in [4.69, 9.17) is 19.9 Å². The zero-order valence-electron chi connectivity index (χ0n) is 79.9. The Morgan fingerprint density at radius 1 is 0.129 bits per heavy atom. The first-order valence-electron chi connectivity index (χ1n) is 50.1. The summed E-state index contributed by atoms with van der Waals surface area (Å²) < 4.78 is 11.8. The molecule has 0 saturated heterocycles. The highest BCUT2D eigenvalue weighted by molar-refractivity contribution is 6.18. The van der Waals surface area contributed by atoms with Gasteiger partial charge in [-0.1, -0.05) is 394 Å². The van der Waals surface area contributed by atoms with Crippen molar-refractivity contribution in [2.45, 2.75) is 0 Å². The van der Waals surface area contributed by atoms with E-state index >= 15 is 0 Å². The molecule has 0 spiro atoms. The van der Waals surface area contributed by atoms with Gasteiger partial charge < -0.3 is 13.7 Å². The molecule has 0 unspecified atom stereocenters. The largest absolute Gasteiger partial charge is 0.309 e. The van der Waals surface area contributed by atoms with Gasteiger partial charge in [-0.2, -0.15) is 9.97 Å². The van der Waals surface area contributed by atoms with Crippen LogP contribution in [0.4, 0.5) is 0 Å². The minimum absolute atomic E-state index is 0.548. The standard InChI is InChI=1S/C73H47N5.C65H42N4/c1-5-16-48(17-6-1)52-28-32-55(33-29-52)71-74-72(56-34-30-53(31-35-56)49-18-7-2-8-19-49)76-73(75-71)78-69-42-37-58(51-22-11-4-12-23-51)45-64(69)65-47-60(39-43-70(65)78)59-38-41-68-63(46-59)62-44-57(50-20-9-3-10-21-50)36-40-67(62)77(68)66-27-15-25-54-24-13-14-26-61(54)66;1-5-17-43(18-6-1)46-29-33-62-56(37-46)57-42-51(32-36-63(57)67(62)50-23-11-4-12-24-50)68-59-27-15-13-25-52(59)54-38-47(30-34-61(54)68)48-31-35-64-55(39-48)53-26-14-16-28-60(53)69(64)65-41-49(44-19-7-2-8-20-44)40-58(66-65)45-21-9-3-10-22-45/h1-47H;1-42H. The first kappa shape index (κ1) is 85.3. The van der Waals surface area contributed by atoms with Gasteiger partial charge in [0.1, 0.15) is 5.82 Å². The monoisotopic (exact) mass is 1870 g/mol. The SMILES string of the molecule is c1ccc(-c2cc(-c3ccccc3)nc(-n3c4ccccc4c4cc(-c5ccc6c(c5)c5ccccc5n6-c5ccc6c(c5)c5cc(-c7ccccc7)ccc5n6-c5ccccc5)ccc43)c2)cc1.c1ccc(-c2ccc(-c3nc(-c4ccc(-c5ccccc5)cc4)nc(-n4c5ccc(-c6ccccc6)cc5c5cc(-c6ccc7c(c6)c6cc(-c8ccccc8)ccc6n7-c6cccc7ccccc67)ccc54)n3)cc2)cc1. The number of aromatic nitrogens is 9. The smallest absolute Gasteiger partial charge is 0.238 e. The fourth-order valence-electron chi connectivity index (χ4n) is 22.3. The Hall–Kier alpha value is -19.7. The summed E-state index contributed by atoms with van der Waals surface area (Å²) in [7, 11) is 0. The Morgan fingerprint density at radius 2 is 0.401 bits per heavy atom. The van der Waals surface area contributed by atoms with Crippen LogP contribution in [0.3, 0.4) is 0 Å². The van der Waals surface area contributed by atoms with E-state index in [0.717, 1.165) is 139 Å². The van der Waals surface area contributed by atoms with Gasteiger partial charge in [0.05, 0.1) is 66.5 Å². The van der Waals surface area contributed by atoms with Crippen LogP contribution in [0, 0.1) is 0 Å². The summed E-state index contributed by atoms with van der Waals surface area (Å²) in [5.41, 5.74) is 37.1. The van der Waals surface area contributed by atoms with Crippen molar-refractivity contribution in [2.24, 2.45) is 0 Å². The summed E-state index contributed by atoms with van der Waals surface area (Å²) in [6.45, 7) is 0. The number of nitrogens with zero attached hydrogens (tertiary/aromatic N) is 9. The van der Waals surface area contributed by atoms with E-state index < -0.39 is 0 Å². The zero-order chi connectivity index (χ0) is 96.9. The van der Waals surface area contributed by atoms with Crippen LogP contribution in [0.15, 0.2) is 540 Å². The van der Waals surface area contributed by atoms with Crippen LogP contribution in [0.1, 0.15) is 0 Å². The first-order valence-corrected chi connectivity index (χ1v) is 50.1. The molecule has 0 aliphatic heterocycles. The van der Waals surface area contributed by atoms with Crippen LogP contribution in [-0.2, 0) is 0 Å². The van der Waals surface area contributed by atoms with E-state index in [9.17, 15) is 0 Å². The number of pyridine rings is 1. The van der Waals surface area contributed by atoms with Gasteiger partial charge in [0, 0.05) is 87.3 Å². The average Bonchev–Trinajstić information content (AvgIpc) is 1.57. The highest BCUT2D eigenvalue weighted by Gasteiger charge is 2.26. The van der Waals surface area contributed by atoms with Crippen molar-refractivity contribution >= 4 is 120 Å². The molecule has 0 radical (unpaired) electrons. The highest BCUT2D eigenvalue weighted by Crippen LogP contribution is 2.47. The van der Waals surface area contributed by atoms with Gasteiger partial charge in [-0.3, -0.25) is 9.13 Å². The molecular weight excluding hydrogens is 1780 g/mol. The molecule has 7 aromatic heterocycles. The second-order valence-electron chi connectivity index (χ2n) is 38.0. The van der Waals surface area contributed by atoms with Crippen molar-refractivity contribution in [3.63, 3.8) is 0 Å². The Labute approximate surface area is 848 Å². The molecule has 0 saturated carbocycles. The maximum Gasteiger partial charge on any atom is 0.238 e. The zero-order valence-corrected chi connectivity index (χ0v) is 79.9. The molecule has 0 aliphatic rings. The number of hydrogen-bond acceptors (Lipinski definition) is 4. The van der Waals surface area contributed by atoms with Gasteiger partial charge in [0.15, 0.2) is 11.6 Å². The van der Waals surface area contributed by atoms with E-state index in [1.807, 2.05) is 12.1 Å². The molecule has 29 aromatic rings. The van der Waals surface area contributed by atoms with Crippen LogP contribution in [-0.4, -0.2) is 42.8 Å². The van der Waals surface area contributed by atoms with Crippen molar-refractivity contribution < 1.29 is 0 Å². The number of para-hydroxylation sites is 3. The number of hydrogen-bond donors (Lipinski definition) is 0. The van der Waals surface area contributed by atoms with Crippen molar-refractivity contribution in [2.75, 3.05) is 0 Å². The van der Waals surface area contributed by atoms with Gasteiger partial charge in [0.25, 0.3) is 0 Å². The summed E-state index contributed by atoms with van der Waals surface area (Å²) in [4.78, 5) is 21.3. The van der Waals surface area contributed by atoms with Crippen LogP contribution >= 0.6 is 0 Å². The maximum absolute atomic E-state index is 5.38. The Balaban J connectivity index is 0.000000143. The molecule has 0 fully saturated rings. The minimum Gasteiger partial charge on any atom is -0.309 e. The second-order valence-corrected chi connectivity index (χ2v) is 38.0. The first-order chi connectivity index (χ1) is 72.9. The van der Waals surface area contributed by atoms with Gasteiger partial charge in [-0.15, -0.1) is 0 Å². The molecule has 0 amide bonds. The number of rotatable bonds is 16. The van der Waals surface area contributed by atoms with E-state index in [-0.39, 0.29) is 0 Å². The lowest BCUT2D eigenvalue weighted by molar-refractivity contribution is 0.953. The van der Waals surface area contributed by atoms with E-state index in [1.54, 1.807) is 0 Å². The molecule has 9 nitrogen and oxygen atoms in total. The fraction of sp³-hybridized carbons (Fsp3) is 0. The molecule has 7 heterocycles. The van der Waals surface area contributed by atoms with E-state index in [0.29, 0.717) is 17.6 Å². The summed E-state index contributed by atoms with van der Waals surface area (Å²) in [5, 5.41) is 14.3. The lowest BCUT2D eigenvalue weighted by atomic mass is 9.98. The van der Waals surface area contributed by atoms with Crippen LogP contribution in [0.25, 0.3) is 272 Å². The number of fused-ring (bicyclic) bond motifs is 16. The molecule has 9 heteroatoms. The summed E-state index contributed by atoms with van der Waals surface area (Å²) in [6.07, 6.45) is 0. The summed E-state index contributed by atoms with van der Waals surface area (Å²) >= 11 is 0. The lowest BCUT2D eigenvalue weighted by Crippen LogP contribution is -2.06. The quantitative estimate of drug-likeness (QED) is 0.0966. The number of benzene rings is 22. The third-order valence-electron chi connectivity index (χ3n) is 29.4. The molecule has 29 rings (SSSR count). The third kappa shape index (κ3) is 15.1. The molecule has 0 bridgehead atoms. The van der Waals surface area contributed by atoms with Crippen LogP contribution < -0.4 is 0 Å². The van der Waals surface area contributed by atoms with Gasteiger partial charge >= 0.3 is 0 Å². The van der Waals surface area contributed by atoms with Crippen molar-refractivity contribution in [3.8, 4) is 152 Å². The molecule has 686 valence electrons. The summed E-state index contributed by atoms with van der Waals surface area (Å²) in [6, 6.07) is 194. The van der Waals surface area contributed by atoms with Crippen LogP contribution in [0.5, 0.6) is 0 Å². The average molecular weight is 1870 g/mol.